The van der Waals surface area contributed by atoms with Crippen LogP contribution in [0.5, 0.6) is 11.5 Å². The molecule has 0 radical (unpaired) electrons. The molecular weight excluding hydrogens is 659 g/mol. The summed E-state index contributed by atoms with van der Waals surface area (Å²) in [5.41, 5.74) is 22.2. The summed E-state index contributed by atoms with van der Waals surface area (Å²) in [5, 5.41) is 0. The van der Waals surface area contributed by atoms with Crippen molar-refractivity contribution >= 4 is 16.7 Å². The fourth-order valence-electron chi connectivity index (χ4n) is 8.94. The third-order valence-electron chi connectivity index (χ3n) is 11.2. The standard InChI is InChI=1S/C50H33N3O/c51-35-24-26-37(40(30-35)32-13-3-1-4-14-32)34-23-27-47-43(29-34)50(41-19-9-7-17-38(41)39-18-8-10-20-42(39)50)44-31-36(25-28-48(44)54-47)53-46-22-12-11-21-45(46)52-49(53)33-15-5-2-6-16-33/h1-31H,51H2. The topological polar surface area (TPSA) is 53.1 Å². The second kappa shape index (κ2) is 11.7. The molecule has 2 aliphatic rings. The van der Waals surface area contributed by atoms with E-state index in [1.54, 1.807) is 0 Å². The van der Waals surface area contributed by atoms with Gasteiger partial charge in [0.2, 0.25) is 0 Å². The van der Waals surface area contributed by atoms with E-state index in [2.05, 4.69) is 174 Å². The van der Waals surface area contributed by atoms with Crippen molar-refractivity contribution in [2.45, 2.75) is 5.41 Å². The van der Waals surface area contributed by atoms with Gasteiger partial charge in [-0.1, -0.05) is 133 Å². The zero-order valence-electron chi connectivity index (χ0n) is 29.3. The number of imidazole rings is 1. The van der Waals surface area contributed by atoms with E-state index in [0.717, 1.165) is 78.7 Å². The molecule has 0 amide bonds. The molecule has 0 saturated carbocycles. The van der Waals surface area contributed by atoms with Crippen LogP contribution in [-0.2, 0) is 5.41 Å². The Labute approximate surface area is 313 Å². The van der Waals surface area contributed by atoms with Gasteiger partial charge in [-0.3, -0.25) is 4.57 Å². The largest absolute Gasteiger partial charge is 0.457 e. The number of hydrogen-bond acceptors (Lipinski definition) is 3. The predicted molar refractivity (Wildman–Crippen MR) is 219 cm³/mol. The third-order valence-corrected chi connectivity index (χ3v) is 11.2. The van der Waals surface area contributed by atoms with Gasteiger partial charge in [0.05, 0.1) is 16.4 Å². The maximum absolute atomic E-state index is 6.95. The normalized spacial score (nSPS) is 13.2. The van der Waals surface area contributed by atoms with Crippen molar-refractivity contribution in [3.63, 3.8) is 0 Å². The molecule has 0 saturated heterocycles. The summed E-state index contributed by atoms with van der Waals surface area (Å²) in [6.07, 6.45) is 0. The van der Waals surface area contributed by atoms with Gasteiger partial charge in [0.15, 0.2) is 0 Å². The Bertz CT molecular complexity index is 2880. The molecule has 254 valence electrons. The summed E-state index contributed by atoms with van der Waals surface area (Å²) in [5.74, 6) is 2.59. The lowest BCUT2D eigenvalue weighted by molar-refractivity contribution is 0.436. The first-order valence-corrected chi connectivity index (χ1v) is 18.3. The van der Waals surface area contributed by atoms with Crippen molar-refractivity contribution in [2.24, 2.45) is 0 Å². The van der Waals surface area contributed by atoms with Crippen molar-refractivity contribution in [3.8, 4) is 62.0 Å². The highest BCUT2D eigenvalue weighted by atomic mass is 16.5. The van der Waals surface area contributed by atoms with Gasteiger partial charge < -0.3 is 10.5 Å². The number of ether oxygens (including phenoxy) is 1. The number of hydrogen-bond donors (Lipinski definition) is 1. The van der Waals surface area contributed by atoms with Gasteiger partial charge in [0, 0.05) is 28.1 Å². The van der Waals surface area contributed by atoms with Crippen molar-refractivity contribution in [3.05, 3.63) is 210 Å². The molecule has 2 N–H and O–H groups in total. The minimum absolute atomic E-state index is 0.661. The van der Waals surface area contributed by atoms with Crippen LogP contribution in [0.25, 0.3) is 61.5 Å². The van der Waals surface area contributed by atoms with Gasteiger partial charge in [-0.2, -0.15) is 0 Å². The number of benzene rings is 8. The Balaban J connectivity index is 1.21. The zero-order chi connectivity index (χ0) is 35.8. The van der Waals surface area contributed by atoms with Gasteiger partial charge in [-0.15, -0.1) is 0 Å². The first-order chi connectivity index (χ1) is 26.7. The fraction of sp³-hybridized carbons (Fsp3) is 0.0200. The monoisotopic (exact) mass is 691 g/mol. The summed E-state index contributed by atoms with van der Waals surface area (Å²) in [6, 6.07) is 66.6. The average molecular weight is 692 g/mol. The second-order valence-electron chi connectivity index (χ2n) is 14.1. The smallest absolute Gasteiger partial charge is 0.145 e. The van der Waals surface area contributed by atoms with Crippen LogP contribution in [0.2, 0.25) is 0 Å². The summed E-state index contributed by atoms with van der Waals surface area (Å²) < 4.78 is 9.24. The minimum atomic E-state index is -0.661. The van der Waals surface area contributed by atoms with E-state index in [1.807, 2.05) is 18.2 Å². The molecule has 0 unspecified atom stereocenters. The van der Waals surface area contributed by atoms with Gasteiger partial charge in [-0.05, 0) is 99.1 Å². The van der Waals surface area contributed by atoms with Crippen molar-refractivity contribution < 1.29 is 4.74 Å². The number of anilines is 1. The number of fused-ring (bicyclic) bond motifs is 10. The molecule has 1 aromatic heterocycles. The molecule has 2 heterocycles. The van der Waals surface area contributed by atoms with Crippen LogP contribution < -0.4 is 10.5 Å². The lowest BCUT2D eigenvalue weighted by Gasteiger charge is -2.40. The number of para-hydroxylation sites is 2. The highest BCUT2D eigenvalue weighted by molar-refractivity contribution is 5.92. The van der Waals surface area contributed by atoms with E-state index >= 15 is 0 Å². The number of aromatic nitrogens is 2. The Kier molecular flexibility index (Phi) is 6.58. The summed E-state index contributed by atoms with van der Waals surface area (Å²) in [6.45, 7) is 0. The molecule has 0 fully saturated rings. The Morgan fingerprint density at radius 1 is 0.444 bits per heavy atom. The highest BCUT2D eigenvalue weighted by Crippen LogP contribution is 2.62. The number of rotatable bonds is 4. The van der Waals surface area contributed by atoms with Gasteiger partial charge in [0.1, 0.15) is 17.3 Å². The number of nitrogens with zero attached hydrogens (tertiary/aromatic N) is 2. The van der Waals surface area contributed by atoms with Crippen LogP contribution >= 0.6 is 0 Å². The molecule has 0 atom stereocenters. The van der Waals surface area contributed by atoms with E-state index in [-0.39, 0.29) is 0 Å². The van der Waals surface area contributed by atoms with Gasteiger partial charge in [-0.25, -0.2) is 4.98 Å². The minimum Gasteiger partial charge on any atom is -0.457 e. The first kappa shape index (κ1) is 30.5. The molecule has 4 heteroatoms. The Morgan fingerprint density at radius 3 is 1.80 bits per heavy atom. The van der Waals surface area contributed by atoms with E-state index < -0.39 is 5.41 Å². The molecule has 4 nitrogen and oxygen atoms in total. The SMILES string of the molecule is Nc1ccc(-c2ccc3c(c2)C2(c4cc(-n5c(-c6ccccc6)nc6ccccc65)ccc4O3)c3ccccc3-c3ccccc32)c(-c2ccccc2)c1. The van der Waals surface area contributed by atoms with E-state index in [1.165, 1.54) is 22.3 Å². The zero-order valence-corrected chi connectivity index (χ0v) is 29.3. The summed E-state index contributed by atoms with van der Waals surface area (Å²) >= 11 is 0. The maximum atomic E-state index is 6.95. The van der Waals surface area contributed by atoms with Crippen molar-refractivity contribution in [1.82, 2.24) is 9.55 Å². The van der Waals surface area contributed by atoms with Crippen LogP contribution in [0.15, 0.2) is 188 Å². The van der Waals surface area contributed by atoms with Crippen molar-refractivity contribution in [2.75, 3.05) is 5.73 Å². The van der Waals surface area contributed by atoms with Crippen LogP contribution in [0.3, 0.4) is 0 Å². The Hall–Kier alpha value is -7.17. The second-order valence-corrected chi connectivity index (χ2v) is 14.1. The molecule has 1 aliphatic heterocycles. The Morgan fingerprint density at radius 2 is 1.06 bits per heavy atom. The fourth-order valence-corrected chi connectivity index (χ4v) is 8.94. The van der Waals surface area contributed by atoms with E-state index in [0.29, 0.717) is 0 Å². The third kappa shape index (κ3) is 4.34. The molecule has 54 heavy (non-hydrogen) atoms. The quantitative estimate of drug-likeness (QED) is 0.187. The van der Waals surface area contributed by atoms with E-state index in [9.17, 15) is 0 Å². The number of nitrogens with two attached hydrogens (primary N) is 1. The molecule has 0 bridgehead atoms. The van der Waals surface area contributed by atoms with Gasteiger partial charge in [0.25, 0.3) is 0 Å². The van der Waals surface area contributed by atoms with Crippen LogP contribution in [0.4, 0.5) is 5.69 Å². The molecule has 9 aromatic rings. The molecular formula is C50H33N3O. The number of nitrogen functional groups attached to an aromatic ring is 1. The first-order valence-electron chi connectivity index (χ1n) is 18.3. The molecule has 11 rings (SSSR count). The van der Waals surface area contributed by atoms with Gasteiger partial charge >= 0.3 is 0 Å². The summed E-state index contributed by atoms with van der Waals surface area (Å²) in [7, 11) is 0. The van der Waals surface area contributed by atoms with E-state index in [4.69, 9.17) is 15.5 Å². The predicted octanol–water partition coefficient (Wildman–Crippen LogP) is 12.1. The molecule has 1 spiro atoms. The molecule has 8 aromatic carbocycles. The van der Waals surface area contributed by atoms with Crippen LogP contribution in [-0.4, -0.2) is 9.55 Å². The van der Waals surface area contributed by atoms with Crippen LogP contribution in [0.1, 0.15) is 22.3 Å². The molecule has 1 aliphatic carbocycles. The summed E-state index contributed by atoms with van der Waals surface area (Å²) in [4.78, 5) is 5.18. The lowest BCUT2D eigenvalue weighted by atomic mass is 9.65. The maximum Gasteiger partial charge on any atom is 0.145 e. The van der Waals surface area contributed by atoms with Crippen molar-refractivity contribution in [1.29, 1.82) is 0 Å². The van der Waals surface area contributed by atoms with Crippen LogP contribution in [0, 0.1) is 0 Å². The average Bonchev–Trinajstić information content (AvgIpc) is 3.76. The highest BCUT2D eigenvalue weighted by Gasteiger charge is 2.51. The lowest BCUT2D eigenvalue weighted by Crippen LogP contribution is -2.32.